The van der Waals surface area contributed by atoms with Crippen molar-refractivity contribution in [1.82, 2.24) is 5.32 Å². The van der Waals surface area contributed by atoms with Gasteiger partial charge in [-0.15, -0.1) is 0 Å². The van der Waals surface area contributed by atoms with Crippen LogP contribution in [0.1, 0.15) is 23.2 Å². The average Bonchev–Trinajstić information content (AvgIpc) is 3.25. The van der Waals surface area contributed by atoms with Crippen LogP contribution in [0.2, 0.25) is 0 Å². The summed E-state index contributed by atoms with van der Waals surface area (Å²) in [5, 5.41) is 3.79. The lowest BCUT2D eigenvalue weighted by Crippen LogP contribution is -2.38. The molecule has 0 saturated heterocycles. The van der Waals surface area contributed by atoms with Gasteiger partial charge in [-0.1, -0.05) is 15.9 Å². The van der Waals surface area contributed by atoms with Crippen LogP contribution in [-0.4, -0.2) is 38.1 Å². The predicted octanol–water partition coefficient (Wildman–Crippen LogP) is 2.37. The largest absolute Gasteiger partial charge is 0.493 e. The van der Waals surface area contributed by atoms with E-state index in [0.717, 1.165) is 18.2 Å². The number of methoxy groups -OCH3 is 3. The van der Waals surface area contributed by atoms with Gasteiger partial charge in [0, 0.05) is 5.33 Å². The topological polar surface area (TPSA) is 56.8 Å². The van der Waals surface area contributed by atoms with Crippen LogP contribution in [0.3, 0.4) is 0 Å². The lowest BCUT2D eigenvalue weighted by Gasteiger charge is -2.18. The molecule has 1 amide bonds. The third kappa shape index (κ3) is 2.70. The van der Waals surface area contributed by atoms with E-state index in [1.807, 2.05) is 0 Å². The molecule has 1 fully saturated rings. The molecule has 1 aromatic rings. The third-order valence-corrected chi connectivity index (χ3v) is 4.51. The van der Waals surface area contributed by atoms with E-state index < -0.39 is 0 Å². The van der Waals surface area contributed by atoms with Crippen LogP contribution in [0, 0.1) is 0 Å². The second-order valence-electron chi connectivity index (χ2n) is 4.75. The van der Waals surface area contributed by atoms with E-state index in [2.05, 4.69) is 21.2 Å². The molecule has 0 bridgehead atoms. The minimum Gasteiger partial charge on any atom is -0.493 e. The standard InChI is InChI=1S/C14H18BrNO4/c1-18-10-5-4-9(11(19-2)12(10)20-3)13(17)16-14(8-15)6-7-14/h4-5H,6-8H2,1-3H3,(H,16,17). The van der Waals surface area contributed by atoms with E-state index in [-0.39, 0.29) is 11.4 Å². The highest BCUT2D eigenvalue weighted by Gasteiger charge is 2.43. The summed E-state index contributed by atoms with van der Waals surface area (Å²) in [7, 11) is 4.56. The minimum atomic E-state index is -0.167. The monoisotopic (exact) mass is 343 g/mol. The summed E-state index contributed by atoms with van der Waals surface area (Å²) in [6.45, 7) is 0. The predicted molar refractivity (Wildman–Crippen MR) is 79.3 cm³/mol. The highest BCUT2D eigenvalue weighted by Crippen LogP contribution is 2.41. The molecule has 1 N–H and O–H groups in total. The Bertz CT molecular complexity index is 514. The van der Waals surface area contributed by atoms with Crippen molar-refractivity contribution in [3.63, 3.8) is 0 Å². The molecule has 5 nitrogen and oxygen atoms in total. The quantitative estimate of drug-likeness (QED) is 0.805. The van der Waals surface area contributed by atoms with Crippen molar-refractivity contribution in [3.8, 4) is 17.2 Å². The van der Waals surface area contributed by atoms with Crippen LogP contribution in [0.25, 0.3) is 0 Å². The number of alkyl halides is 1. The molecule has 2 rings (SSSR count). The lowest BCUT2D eigenvalue weighted by molar-refractivity contribution is 0.0932. The van der Waals surface area contributed by atoms with Gasteiger partial charge in [0.05, 0.1) is 32.4 Å². The normalized spacial score (nSPS) is 15.4. The average molecular weight is 344 g/mol. The molecule has 0 aromatic heterocycles. The molecule has 0 aliphatic heterocycles. The highest BCUT2D eigenvalue weighted by atomic mass is 79.9. The minimum absolute atomic E-state index is 0.116. The Morgan fingerprint density at radius 3 is 2.30 bits per heavy atom. The van der Waals surface area contributed by atoms with Gasteiger partial charge in [0.25, 0.3) is 5.91 Å². The van der Waals surface area contributed by atoms with E-state index in [0.29, 0.717) is 22.8 Å². The Morgan fingerprint density at radius 1 is 1.20 bits per heavy atom. The van der Waals surface area contributed by atoms with Crippen LogP contribution < -0.4 is 19.5 Å². The van der Waals surface area contributed by atoms with Gasteiger partial charge in [-0.3, -0.25) is 4.79 Å². The van der Waals surface area contributed by atoms with Crippen molar-refractivity contribution in [2.45, 2.75) is 18.4 Å². The van der Waals surface area contributed by atoms with Gasteiger partial charge in [0.15, 0.2) is 11.5 Å². The summed E-state index contributed by atoms with van der Waals surface area (Å²) in [6, 6.07) is 3.38. The smallest absolute Gasteiger partial charge is 0.255 e. The highest BCUT2D eigenvalue weighted by molar-refractivity contribution is 9.09. The molecule has 0 unspecified atom stereocenters. The van der Waals surface area contributed by atoms with Gasteiger partial charge >= 0.3 is 0 Å². The zero-order chi connectivity index (χ0) is 14.8. The first-order valence-electron chi connectivity index (χ1n) is 6.28. The molecule has 1 aliphatic rings. The summed E-state index contributed by atoms with van der Waals surface area (Å²) in [4.78, 5) is 12.4. The van der Waals surface area contributed by atoms with E-state index in [4.69, 9.17) is 14.2 Å². The molecule has 1 aliphatic carbocycles. The van der Waals surface area contributed by atoms with Gasteiger partial charge in [-0.25, -0.2) is 0 Å². The number of amides is 1. The Hall–Kier alpha value is -1.43. The van der Waals surface area contributed by atoms with E-state index >= 15 is 0 Å². The van der Waals surface area contributed by atoms with Gasteiger partial charge in [-0.05, 0) is 25.0 Å². The lowest BCUT2D eigenvalue weighted by atomic mass is 10.1. The summed E-state index contributed by atoms with van der Waals surface area (Å²) in [5.74, 6) is 1.17. The summed E-state index contributed by atoms with van der Waals surface area (Å²) in [5.41, 5.74) is 0.326. The molecule has 0 heterocycles. The number of benzene rings is 1. The number of carbonyl (C=O) groups is 1. The van der Waals surface area contributed by atoms with E-state index in [1.165, 1.54) is 14.2 Å². The number of rotatable bonds is 6. The Morgan fingerprint density at radius 2 is 1.85 bits per heavy atom. The Kier molecular flexibility index (Phi) is 4.42. The molecule has 20 heavy (non-hydrogen) atoms. The summed E-state index contributed by atoms with van der Waals surface area (Å²) < 4.78 is 15.8. The van der Waals surface area contributed by atoms with Crippen molar-refractivity contribution in [2.75, 3.05) is 26.7 Å². The van der Waals surface area contributed by atoms with Gasteiger partial charge in [0.2, 0.25) is 5.75 Å². The van der Waals surface area contributed by atoms with Crippen molar-refractivity contribution in [2.24, 2.45) is 0 Å². The zero-order valence-electron chi connectivity index (χ0n) is 11.8. The zero-order valence-corrected chi connectivity index (χ0v) is 13.4. The fourth-order valence-electron chi connectivity index (χ4n) is 2.03. The maximum absolute atomic E-state index is 12.4. The first-order chi connectivity index (χ1) is 9.60. The Labute approximate surface area is 126 Å². The second kappa shape index (κ2) is 5.91. The number of hydrogen-bond acceptors (Lipinski definition) is 4. The molecule has 6 heteroatoms. The van der Waals surface area contributed by atoms with Crippen LogP contribution >= 0.6 is 15.9 Å². The number of carbonyl (C=O) groups excluding carboxylic acids is 1. The van der Waals surface area contributed by atoms with Crippen molar-refractivity contribution >= 4 is 21.8 Å². The molecule has 0 spiro atoms. The molecular weight excluding hydrogens is 326 g/mol. The molecule has 1 aromatic carbocycles. The fraction of sp³-hybridized carbons (Fsp3) is 0.500. The first-order valence-corrected chi connectivity index (χ1v) is 7.40. The second-order valence-corrected chi connectivity index (χ2v) is 5.31. The van der Waals surface area contributed by atoms with E-state index in [1.54, 1.807) is 19.2 Å². The van der Waals surface area contributed by atoms with Gasteiger partial charge < -0.3 is 19.5 Å². The van der Waals surface area contributed by atoms with Crippen LogP contribution in [-0.2, 0) is 0 Å². The SMILES string of the molecule is COc1ccc(C(=O)NC2(CBr)CC2)c(OC)c1OC. The van der Waals surface area contributed by atoms with Gasteiger partial charge in [-0.2, -0.15) is 0 Å². The third-order valence-electron chi connectivity index (χ3n) is 3.44. The van der Waals surface area contributed by atoms with Crippen LogP contribution in [0.4, 0.5) is 0 Å². The van der Waals surface area contributed by atoms with Crippen molar-refractivity contribution in [1.29, 1.82) is 0 Å². The number of halogens is 1. The fourth-order valence-corrected chi connectivity index (χ4v) is 2.73. The molecule has 1 saturated carbocycles. The summed E-state index contributed by atoms with van der Waals surface area (Å²) in [6.07, 6.45) is 1.97. The molecule has 110 valence electrons. The number of ether oxygens (including phenoxy) is 3. The Balaban J connectivity index is 2.33. The first kappa shape index (κ1) is 15.0. The molecular formula is C14H18BrNO4. The van der Waals surface area contributed by atoms with Gasteiger partial charge in [0.1, 0.15) is 0 Å². The van der Waals surface area contributed by atoms with Crippen molar-refractivity contribution < 1.29 is 19.0 Å². The van der Waals surface area contributed by atoms with Crippen LogP contribution in [0.5, 0.6) is 17.2 Å². The molecule has 0 atom stereocenters. The summed E-state index contributed by atoms with van der Waals surface area (Å²) >= 11 is 3.43. The number of hydrogen-bond donors (Lipinski definition) is 1. The maximum atomic E-state index is 12.4. The van der Waals surface area contributed by atoms with Crippen molar-refractivity contribution in [3.05, 3.63) is 17.7 Å². The molecule has 0 radical (unpaired) electrons. The van der Waals surface area contributed by atoms with E-state index in [9.17, 15) is 4.79 Å². The van der Waals surface area contributed by atoms with Crippen LogP contribution in [0.15, 0.2) is 12.1 Å². The maximum Gasteiger partial charge on any atom is 0.255 e. The number of nitrogens with one attached hydrogen (secondary N) is 1.